The Labute approximate surface area is 277 Å². The monoisotopic (exact) mass is 636 g/mol. The summed E-state index contributed by atoms with van der Waals surface area (Å²) in [5.74, 6) is 4.66. The molecule has 8 heteroatoms. The molecule has 0 unspecified atom stereocenters. The van der Waals surface area contributed by atoms with Gasteiger partial charge in [-0.3, -0.25) is 0 Å². The SMILES string of the molecule is CN[C@H]1CCc2cc(OC)c(OC)c3c2[C@@H]1Cc1ccc(O)c(c1)Oc1ccc(cc1)C[C@H]1c2cc(c(OC)cc2CC[C@H]1NC)O3. The molecular weight excluding hydrogens is 592 g/mol. The lowest BCUT2D eigenvalue weighted by molar-refractivity contribution is 0.317. The number of likely N-dealkylation sites (N-methyl/N-ethyl adjacent to an activating group) is 2. The summed E-state index contributed by atoms with van der Waals surface area (Å²) in [6.07, 6.45) is 5.32. The molecular formula is C39H44N2O6. The second-order valence-electron chi connectivity index (χ2n) is 12.9. The van der Waals surface area contributed by atoms with Crippen LogP contribution in [0.25, 0.3) is 0 Å². The highest BCUT2D eigenvalue weighted by Gasteiger charge is 2.37. The fraction of sp³-hybridized carbons (Fsp3) is 0.385. The zero-order valence-corrected chi connectivity index (χ0v) is 27.8. The molecule has 0 fully saturated rings. The average molecular weight is 637 g/mol. The van der Waals surface area contributed by atoms with Crippen LogP contribution in [0.3, 0.4) is 0 Å². The van der Waals surface area contributed by atoms with Gasteiger partial charge in [0.2, 0.25) is 5.75 Å². The van der Waals surface area contributed by atoms with Crippen LogP contribution in [-0.4, -0.2) is 52.6 Å². The van der Waals surface area contributed by atoms with Crippen LogP contribution in [0.4, 0.5) is 0 Å². The van der Waals surface area contributed by atoms with Gasteiger partial charge in [0.15, 0.2) is 34.5 Å². The van der Waals surface area contributed by atoms with E-state index in [1.165, 1.54) is 22.3 Å². The third-order valence-electron chi connectivity index (χ3n) is 10.4. The molecule has 0 saturated carbocycles. The Morgan fingerprint density at radius 3 is 2.04 bits per heavy atom. The zero-order chi connectivity index (χ0) is 32.7. The maximum absolute atomic E-state index is 10.8. The van der Waals surface area contributed by atoms with Gasteiger partial charge in [-0.15, -0.1) is 0 Å². The van der Waals surface area contributed by atoms with Crippen LogP contribution in [-0.2, 0) is 25.7 Å². The van der Waals surface area contributed by atoms with Crippen molar-refractivity contribution in [2.24, 2.45) is 0 Å². The topological polar surface area (TPSA) is 90.4 Å². The number of ether oxygens (including phenoxy) is 5. The summed E-state index contributed by atoms with van der Waals surface area (Å²) in [5.41, 5.74) is 7.04. The minimum Gasteiger partial charge on any atom is -0.504 e. The van der Waals surface area contributed by atoms with Crippen molar-refractivity contribution in [2.45, 2.75) is 62.4 Å². The molecule has 2 heterocycles. The van der Waals surface area contributed by atoms with E-state index in [9.17, 15) is 5.11 Å². The summed E-state index contributed by atoms with van der Waals surface area (Å²) >= 11 is 0. The number of phenols is 1. The predicted octanol–water partition coefficient (Wildman–Crippen LogP) is 7.04. The highest BCUT2D eigenvalue weighted by molar-refractivity contribution is 5.64. The first kappa shape index (κ1) is 31.2. The molecule has 246 valence electrons. The van der Waals surface area contributed by atoms with E-state index in [0.29, 0.717) is 52.7 Å². The molecule has 0 radical (unpaired) electrons. The Kier molecular flexibility index (Phi) is 8.64. The molecule has 0 saturated heterocycles. The Morgan fingerprint density at radius 2 is 1.34 bits per heavy atom. The summed E-state index contributed by atoms with van der Waals surface area (Å²) in [4.78, 5) is 0. The summed E-state index contributed by atoms with van der Waals surface area (Å²) < 4.78 is 31.3. The van der Waals surface area contributed by atoms with Crippen molar-refractivity contribution in [3.63, 3.8) is 0 Å². The van der Waals surface area contributed by atoms with Crippen LogP contribution in [0.15, 0.2) is 60.7 Å². The van der Waals surface area contributed by atoms with E-state index in [-0.39, 0.29) is 23.6 Å². The van der Waals surface area contributed by atoms with Gasteiger partial charge in [0.25, 0.3) is 0 Å². The van der Waals surface area contributed by atoms with Gasteiger partial charge in [-0.1, -0.05) is 18.2 Å². The number of hydrogen-bond acceptors (Lipinski definition) is 8. The van der Waals surface area contributed by atoms with Crippen LogP contribution in [0, 0.1) is 0 Å². The average Bonchev–Trinajstić information content (AvgIpc) is 3.09. The molecule has 4 aromatic rings. The van der Waals surface area contributed by atoms with Crippen molar-refractivity contribution in [2.75, 3.05) is 35.4 Å². The molecule has 0 amide bonds. The number of aryl methyl sites for hydroxylation is 2. The number of aromatic hydroxyl groups is 1. The third kappa shape index (κ3) is 5.74. The summed E-state index contributed by atoms with van der Waals surface area (Å²) in [7, 11) is 9.09. The van der Waals surface area contributed by atoms with Crippen LogP contribution in [0.1, 0.15) is 58.1 Å². The van der Waals surface area contributed by atoms with Gasteiger partial charge in [-0.2, -0.15) is 0 Å². The van der Waals surface area contributed by atoms with Crippen LogP contribution in [0.5, 0.6) is 46.0 Å². The van der Waals surface area contributed by atoms with Gasteiger partial charge >= 0.3 is 0 Å². The first-order chi connectivity index (χ1) is 22.9. The second kappa shape index (κ2) is 13.0. The predicted molar refractivity (Wildman–Crippen MR) is 182 cm³/mol. The highest BCUT2D eigenvalue weighted by Crippen LogP contribution is 2.53. The molecule has 4 aromatic carbocycles. The van der Waals surface area contributed by atoms with Gasteiger partial charge < -0.3 is 39.4 Å². The van der Waals surface area contributed by atoms with Crippen molar-refractivity contribution < 1.29 is 28.8 Å². The number of methoxy groups -OCH3 is 3. The molecule has 2 aliphatic carbocycles. The fourth-order valence-electron chi connectivity index (χ4n) is 8.00. The quantitative estimate of drug-likeness (QED) is 0.215. The number of hydrogen-bond donors (Lipinski definition) is 3. The Bertz CT molecular complexity index is 1770. The van der Waals surface area contributed by atoms with Crippen LogP contribution >= 0.6 is 0 Å². The van der Waals surface area contributed by atoms with E-state index >= 15 is 0 Å². The van der Waals surface area contributed by atoms with Gasteiger partial charge in [0.05, 0.1) is 21.3 Å². The van der Waals surface area contributed by atoms with Crippen LogP contribution in [0.2, 0.25) is 0 Å². The van der Waals surface area contributed by atoms with E-state index in [0.717, 1.165) is 43.2 Å². The van der Waals surface area contributed by atoms with Gasteiger partial charge in [-0.05, 0) is 123 Å². The number of benzene rings is 4. The summed E-state index contributed by atoms with van der Waals surface area (Å²) in [5, 5.41) is 18.0. The molecule has 8 rings (SSSR count). The van der Waals surface area contributed by atoms with E-state index in [2.05, 4.69) is 41.0 Å². The van der Waals surface area contributed by atoms with Gasteiger partial charge in [0, 0.05) is 29.5 Å². The molecule has 8 nitrogen and oxygen atoms in total. The van der Waals surface area contributed by atoms with Gasteiger partial charge in [-0.25, -0.2) is 0 Å². The van der Waals surface area contributed by atoms with E-state index < -0.39 is 0 Å². The molecule has 0 spiro atoms. The summed E-state index contributed by atoms with van der Waals surface area (Å²) in [6, 6.07) is 20.8. The minimum atomic E-state index is 0.0270. The normalized spacial score (nSPS) is 21.4. The molecule has 4 atom stereocenters. The summed E-state index contributed by atoms with van der Waals surface area (Å²) in [6.45, 7) is 0. The zero-order valence-electron chi connectivity index (χ0n) is 27.8. The molecule has 0 aromatic heterocycles. The number of phenolic OH excluding ortho intramolecular Hbond substituents is 1. The standard InChI is InChI=1S/C39H44N2O6/c1-40-30-13-9-24-19-34(43-3)35-21-27(24)28(30)16-22-6-11-26(12-7-22)46-33-18-23(8-15-32(33)42)17-29-31(41-2)14-10-25-20-36(44-4)38(45-5)39(47-35)37(25)29/h6-8,11-12,15,18-21,28-31,40-42H,9-10,13-14,16-17H2,1-5H3/t28-,29+,30+,31-/m0/s1. The lowest BCUT2D eigenvalue weighted by atomic mass is 9.75. The van der Waals surface area contributed by atoms with Crippen molar-refractivity contribution in [1.29, 1.82) is 0 Å². The second-order valence-corrected chi connectivity index (χ2v) is 12.9. The smallest absolute Gasteiger partial charge is 0.204 e. The first-order valence-electron chi connectivity index (χ1n) is 16.5. The molecule has 6 bridgehead atoms. The largest absolute Gasteiger partial charge is 0.504 e. The first-order valence-corrected chi connectivity index (χ1v) is 16.5. The van der Waals surface area contributed by atoms with Crippen LogP contribution < -0.4 is 34.3 Å². The Morgan fingerprint density at radius 1 is 0.681 bits per heavy atom. The molecule has 47 heavy (non-hydrogen) atoms. The third-order valence-corrected chi connectivity index (χ3v) is 10.4. The number of nitrogens with one attached hydrogen (secondary N) is 2. The lowest BCUT2D eigenvalue weighted by Gasteiger charge is -2.36. The minimum absolute atomic E-state index is 0.0270. The van der Waals surface area contributed by atoms with Crippen molar-refractivity contribution in [1.82, 2.24) is 10.6 Å². The van der Waals surface area contributed by atoms with E-state index in [4.69, 9.17) is 23.7 Å². The maximum atomic E-state index is 10.8. The number of fused-ring (bicyclic) bond motifs is 2. The lowest BCUT2D eigenvalue weighted by Crippen LogP contribution is -2.37. The van der Waals surface area contributed by atoms with Crippen molar-refractivity contribution in [3.05, 3.63) is 94.0 Å². The maximum Gasteiger partial charge on any atom is 0.204 e. The molecule has 3 N–H and O–H groups in total. The van der Waals surface area contributed by atoms with Crippen molar-refractivity contribution in [3.8, 4) is 46.0 Å². The van der Waals surface area contributed by atoms with E-state index in [1.807, 2.05) is 38.4 Å². The van der Waals surface area contributed by atoms with Crippen molar-refractivity contribution >= 4 is 0 Å². The van der Waals surface area contributed by atoms with Gasteiger partial charge in [0.1, 0.15) is 5.75 Å². The fourth-order valence-corrected chi connectivity index (χ4v) is 8.00. The Hall–Kier alpha value is -4.40. The highest BCUT2D eigenvalue weighted by atomic mass is 16.5. The molecule has 2 aliphatic heterocycles. The molecule has 4 aliphatic rings. The van der Waals surface area contributed by atoms with E-state index in [1.54, 1.807) is 27.4 Å². The number of rotatable bonds is 5. The Balaban J connectivity index is 1.48.